The maximum Gasteiger partial charge on any atom is 0.300 e. The molecule has 1 aromatic heterocycles. The lowest BCUT2D eigenvalue weighted by Crippen LogP contribution is -2.30. The zero-order valence-corrected chi connectivity index (χ0v) is 19.1. The number of amides is 1. The molecule has 0 bridgehead atoms. The minimum Gasteiger partial charge on any atom is -0.507 e. The molecule has 4 rings (SSSR count). The fraction of sp³-hybridized carbons (Fsp3) is 0.231. The summed E-state index contributed by atoms with van der Waals surface area (Å²) in [4.78, 5) is 28.0. The van der Waals surface area contributed by atoms with Crippen LogP contribution in [0.25, 0.3) is 5.76 Å². The predicted molar refractivity (Wildman–Crippen MR) is 124 cm³/mol. The summed E-state index contributed by atoms with van der Waals surface area (Å²) in [7, 11) is 2.95. The number of aliphatic hydroxyl groups excluding tert-OH is 1. The van der Waals surface area contributed by atoms with Crippen LogP contribution < -0.4 is 14.4 Å². The van der Waals surface area contributed by atoms with E-state index in [1.807, 2.05) is 26.0 Å². The summed E-state index contributed by atoms with van der Waals surface area (Å²) in [6.07, 6.45) is 0. The van der Waals surface area contributed by atoms with Crippen LogP contribution in [-0.2, 0) is 9.59 Å². The number of aliphatic hydroxyl groups is 1. The van der Waals surface area contributed by atoms with Crippen molar-refractivity contribution in [2.75, 3.05) is 19.1 Å². The number of ether oxygens (including phenoxy) is 2. The molecule has 0 radical (unpaired) electrons. The van der Waals surface area contributed by atoms with E-state index in [4.69, 9.17) is 13.9 Å². The molecular formula is C26H25NO6. The van der Waals surface area contributed by atoms with E-state index in [1.54, 1.807) is 43.3 Å². The number of carbonyl (C=O) groups excluding carboxylic acids is 2. The fourth-order valence-electron chi connectivity index (χ4n) is 4.17. The van der Waals surface area contributed by atoms with E-state index < -0.39 is 17.7 Å². The topological polar surface area (TPSA) is 89.2 Å². The average Bonchev–Trinajstić information content (AvgIpc) is 3.34. The molecule has 1 aliphatic heterocycles. The zero-order chi connectivity index (χ0) is 23.9. The van der Waals surface area contributed by atoms with Gasteiger partial charge in [-0.3, -0.25) is 14.5 Å². The highest BCUT2D eigenvalue weighted by Gasteiger charge is 2.49. The number of methoxy groups -OCH3 is 2. The molecule has 1 fully saturated rings. The monoisotopic (exact) mass is 447 g/mol. The molecule has 170 valence electrons. The normalized spacial score (nSPS) is 17.5. The number of carbonyl (C=O) groups is 2. The number of anilines is 1. The quantitative estimate of drug-likeness (QED) is 0.342. The average molecular weight is 447 g/mol. The van der Waals surface area contributed by atoms with E-state index in [0.717, 1.165) is 11.1 Å². The van der Waals surface area contributed by atoms with Crippen LogP contribution in [0.2, 0.25) is 0 Å². The van der Waals surface area contributed by atoms with E-state index in [9.17, 15) is 14.7 Å². The van der Waals surface area contributed by atoms with Crippen LogP contribution in [-0.4, -0.2) is 31.0 Å². The SMILES string of the molecule is COc1ccc(OC)c(/C(O)=C2/C(=O)C(=O)N(c3ccc(C)cc3C)C2c2ccc(C)o2)c1. The van der Waals surface area contributed by atoms with Gasteiger partial charge >= 0.3 is 0 Å². The molecule has 7 nitrogen and oxygen atoms in total. The van der Waals surface area contributed by atoms with Gasteiger partial charge in [-0.05, 0) is 62.7 Å². The standard InChI is InChI=1S/C26H25NO6/c1-14-6-9-19(15(2)12-14)27-23(21-10-7-16(3)33-21)22(25(29)26(27)30)24(28)18-13-17(31-4)8-11-20(18)32-5/h6-13,23,28H,1-5H3/b24-22-. The molecule has 3 aromatic rings. The summed E-state index contributed by atoms with van der Waals surface area (Å²) in [5.74, 6) is -0.131. The minimum atomic E-state index is -0.948. The number of furan rings is 1. The van der Waals surface area contributed by atoms with Gasteiger partial charge in [-0.25, -0.2) is 0 Å². The lowest BCUT2D eigenvalue weighted by molar-refractivity contribution is -0.132. The van der Waals surface area contributed by atoms with E-state index in [-0.39, 0.29) is 16.9 Å². The van der Waals surface area contributed by atoms with E-state index in [1.165, 1.54) is 19.1 Å². The molecule has 1 saturated heterocycles. The molecule has 2 aromatic carbocycles. The summed E-state index contributed by atoms with van der Waals surface area (Å²) >= 11 is 0. The van der Waals surface area contributed by atoms with Gasteiger partial charge in [0.25, 0.3) is 11.7 Å². The predicted octanol–water partition coefficient (Wildman–Crippen LogP) is 4.85. The van der Waals surface area contributed by atoms with E-state index in [2.05, 4.69) is 0 Å². The van der Waals surface area contributed by atoms with Gasteiger partial charge in [-0.2, -0.15) is 0 Å². The summed E-state index contributed by atoms with van der Waals surface area (Å²) in [5.41, 5.74) is 2.58. The third-order valence-corrected chi connectivity index (χ3v) is 5.75. The van der Waals surface area contributed by atoms with Crippen molar-refractivity contribution in [3.63, 3.8) is 0 Å². The van der Waals surface area contributed by atoms with Crippen molar-refractivity contribution in [1.82, 2.24) is 0 Å². The molecule has 1 atom stereocenters. The number of Topliss-reactive ketones (excluding diaryl/α,β-unsaturated/α-hetero) is 1. The minimum absolute atomic E-state index is 0.0825. The molecular weight excluding hydrogens is 422 g/mol. The van der Waals surface area contributed by atoms with Crippen molar-refractivity contribution in [3.05, 3.63) is 82.3 Å². The number of hydrogen-bond acceptors (Lipinski definition) is 6. The van der Waals surface area contributed by atoms with Crippen molar-refractivity contribution in [2.24, 2.45) is 0 Å². The van der Waals surface area contributed by atoms with Gasteiger partial charge in [-0.1, -0.05) is 17.7 Å². The molecule has 2 heterocycles. The molecule has 1 amide bonds. The maximum absolute atomic E-state index is 13.3. The van der Waals surface area contributed by atoms with Gasteiger partial charge in [0.05, 0.1) is 25.4 Å². The van der Waals surface area contributed by atoms with Crippen LogP contribution in [0.15, 0.2) is 58.5 Å². The van der Waals surface area contributed by atoms with Crippen molar-refractivity contribution in [3.8, 4) is 11.5 Å². The van der Waals surface area contributed by atoms with Crippen LogP contribution in [0, 0.1) is 20.8 Å². The Morgan fingerprint density at radius 3 is 2.33 bits per heavy atom. The Morgan fingerprint density at radius 2 is 1.73 bits per heavy atom. The second-order valence-electron chi connectivity index (χ2n) is 7.97. The highest BCUT2D eigenvalue weighted by molar-refractivity contribution is 6.51. The molecule has 1 aliphatic rings. The van der Waals surface area contributed by atoms with Crippen LogP contribution >= 0.6 is 0 Å². The number of benzene rings is 2. The van der Waals surface area contributed by atoms with Gasteiger partial charge in [-0.15, -0.1) is 0 Å². The third-order valence-electron chi connectivity index (χ3n) is 5.75. The van der Waals surface area contributed by atoms with Crippen LogP contribution in [0.4, 0.5) is 5.69 Å². The summed E-state index contributed by atoms with van der Waals surface area (Å²) in [6, 6.07) is 13.0. The number of rotatable bonds is 5. The lowest BCUT2D eigenvalue weighted by atomic mass is 9.98. The Kier molecular flexibility index (Phi) is 5.72. The second-order valence-corrected chi connectivity index (χ2v) is 7.97. The first-order valence-corrected chi connectivity index (χ1v) is 10.4. The van der Waals surface area contributed by atoms with Crippen LogP contribution in [0.1, 0.15) is 34.3 Å². The Balaban J connectivity index is 1.99. The van der Waals surface area contributed by atoms with Gasteiger partial charge in [0, 0.05) is 5.69 Å². The molecule has 7 heteroatoms. The molecule has 0 aliphatic carbocycles. The highest BCUT2D eigenvalue weighted by atomic mass is 16.5. The smallest absolute Gasteiger partial charge is 0.300 e. The molecule has 33 heavy (non-hydrogen) atoms. The van der Waals surface area contributed by atoms with Gasteiger partial charge in [0.15, 0.2) is 0 Å². The summed E-state index contributed by atoms with van der Waals surface area (Å²) in [6.45, 7) is 5.60. The van der Waals surface area contributed by atoms with Crippen molar-refractivity contribution in [1.29, 1.82) is 0 Å². The first-order chi connectivity index (χ1) is 15.8. The maximum atomic E-state index is 13.3. The van der Waals surface area contributed by atoms with Gasteiger partial charge in [0.2, 0.25) is 0 Å². The first kappa shape index (κ1) is 22.2. The number of ketones is 1. The van der Waals surface area contributed by atoms with Crippen molar-refractivity contribution in [2.45, 2.75) is 26.8 Å². The van der Waals surface area contributed by atoms with Gasteiger partial charge < -0.3 is 19.0 Å². The fourth-order valence-corrected chi connectivity index (χ4v) is 4.17. The number of aryl methyl sites for hydroxylation is 3. The highest BCUT2D eigenvalue weighted by Crippen LogP contribution is 2.45. The Labute approximate surface area is 191 Å². The van der Waals surface area contributed by atoms with Crippen molar-refractivity contribution >= 4 is 23.1 Å². The van der Waals surface area contributed by atoms with Crippen LogP contribution in [0.3, 0.4) is 0 Å². The largest absolute Gasteiger partial charge is 0.507 e. The Bertz CT molecular complexity index is 1290. The molecule has 1 unspecified atom stereocenters. The molecule has 1 N–H and O–H groups in total. The third kappa shape index (κ3) is 3.75. The summed E-state index contributed by atoms with van der Waals surface area (Å²) in [5, 5.41) is 11.4. The molecule has 0 spiro atoms. The van der Waals surface area contributed by atoms with Gasteiger partial charge in [0.1, 0.15) is 34.8 Å². The second kappa shape index (κ2) is 8.50. The van der Waals surface area contributed by atoms with E-state index >= 15 is 0 Å². The first-order valence-electron chi connectivity index (χ1n) is 10.4. The Hall–Kier alpha value is -4.00. The van der Waals surface area contributed by atoms with E-state index in [0.29, 0.717) is 28.7 Å². The lowest BCUT2D eigenvalue weighted by Gasteiger charge is -2.25. The number of hydrogen-bond donors (Lipinski definition) is 1. The summed E-state index contributed by atoms with van der Waals surface area (Å²) < 4.78 is 16.5. The van der Waals surface area contributed by atoms with Crippen LogP contribution in [0.5, 0.6) is 11.5 Å². The zero-order valence-electron chi connectivity index (χ0n) is 19.1. The number of nitrogens with zero attached hydrogens (tertiary/aromatic N) is 1. The van der Waals surface area contributed by atoms with Crippen molar-refractivity contribution < 1.29 is 28.6 Å². The molecule has 0 saturated carbocycles. The Morgan fingerprint density at radius 1 is 0.970 bits per heavy atom.